The molecule has 0 saturated carbocycles. The molecule has 31 heavy (non-hydrogen) atoms. The van der Waals surface area contributed by atoms with Gasteiger partial charge < -0.3 is 10.0 Å². The van der Waals surface area contributed by atoms with Gasteiger partial charge in [-0.3, -0.25) is 9.59 Å². The first-order chi connectivity index (χ1) is 15.0. The van der Waals surface area contributed by atoms with Crippen LogP contribution >= 0.6 is 22.9 Å². The van der Waals surface area contributed by atoms with E-state index in [-0.39, 0.29) is 12.2 Å². The quantitative estimate of drug-likeness (QED) is 0.390. The van der Waals surface area contributed by atoms with Crippen LogP contribution in [0.3, 0.4) is 0 Å². The lowest BCUT2D eigenvalue weighted by Gasteiger charge is -2.22. The number of hydrogen-bond donors (Lipinski definition) is 1. The third-order valence-corrected chi connectivity index (χ3v) is 6.20. The van der Waals surface area contributed by atoms with Gasteiger partial charge >= 0.3 is 0 Å². The van der Waals surface area contributed by atoms with Crippen molar-refractivity contribution in [2.75, 3.05) is 4.90 Å². The normalized spacial score (nSPS) is 18.3. The topological polar surface area (TPSA) is 57.6 Å². The number of aliphatic hydroxyl groups is 1. The Morgan fingerprint density at radius 2 is 1.90 bits per heavy atom. The molecule has 156 valence electrons. The molecule has 1 atom stereocenters. The molecule has 0 bridgehead atoms. The Morgan fingerprint density at radius 1 is 1.10 bits per heavy atom. The highest BCUT2D eigenvalue weighted by Gasteiger charge is 2.50. The molecule has 1 N–H and O–H groups in total. The first-order valence-electron chi connectivity index (χ1n) is 9.77. The van der Waals surface area contributed by atoms with E-state index >= 15 is 0 Å². The minimum absolute atomic E-state index is 0.331. The van der Waals surface area contributed by atoms with Crippen LogP contribution in [0.2, 0.25) is 5.02 Å². The molecule has 1 aliphatic rings. The van der Waals surface area contributed by atoms with Crippen molar-refractivity contribution in [3.63, 3.8) is 0 Å². The minimum atomic E-state index is -1.94. The molecule has 3 aromatic rings. The van der Waals surface area contributed by atoms with E-state index in [0.717, 1.165) is 10.4 Å². The summed E-state index contributed by atoms with van der Waals surface area (Å²) in [5.41, 5.74) is 0.00776. The van der Waals surface area contributed by atoms with Crippen LogP contribution in [0.25, 0.3) is 6.08 Å². The van der Waals surface area contributed by atoms with Gasteiger partial charge in [-0.25, -0.2) is 0 Å². The molecule has 0 aliphatic carbocycles. The fourth-order valence-electron chi connectivity index (χ4n) is 3.61. The maximum Gasteiger partial charge on any atom is 0.264 e. The average Bonchev–Trinajstić information content (AvgIpc) is 3.34. The molecule has 1 aromatic heterocycles. The molecule has 2 heterocycles. The summed E-state index contributed by atoms with van der Waals surface area (Å²) in [4.78, 5) is 28.3. The van der Waals surface area contributed by atoms with Gasteiger partial charge in [-0.15, -0.1) is 11.3 Å². The molecule has 2 aromatic carbocycles. The molecule has 1 aliphatic heterocycles. The smallest absolute Gasteiger partial charge is 0.264 e. The van der Waals surface area contributed by atoms with Crippen molar-refractivity contribution in [1.82, 2.24) is 0 Å². The molecule has 0 saturated heterocycles. The molecular weight excluding hydrogens is 430 g/mol. The molecule has 1 unspecified atom stereocenters. The second-order valence-electron chi connectivity index (χ2n) is 7.26. The zero-order chi connectivity index (χ0) is 21.8. The number of rotatable bonds is 7. The van der Waals surface area contributed by atoms with Crippen LogP contribution in [0.15, 0.2) is 84.3 Å². The number of carbonyl (C=O) groups excluding carboxylic acids is 2. The summed E-state index contributed by atoms with van der Waals surface area (Å²) in [6.07, 6.45) is 6.26. The standard InChI is InChI=1S/C25H20ClNO3S/c26-19-12-13-23-22(15-19)25(30,24(29)27(23)17-21-11-6-14-31-21)16-20(28)10-5-4-9-18-7-2-1-3-8-18/h1-15,30H,16-17H2/b9-4+,10-5+. The number of carbonyl (C=O) groups is 2. The Morgan fingerprint density at radius 3 is 2.65 bits per heavy atom. The van der Waals surface area contributed by atoms with Crippen LogP contribution in [-0.4, -0.2) is 16.8 Å². The predicted octanol–water partition coefficient (Wildman–Crippen LogP) is 5.36. The van der Waals surface area contributed by atoms with Crippen molar-refractivity contribution in [3.05, 3.63) is 105 Å². The summed E-state index contributed by atoms with van der Waals surface area (Å²) in [6.45, 7) is 0.331. The minimum Gasteiger partial charge on any atom is -0.375 e. The third-order valence-electron chi connectivity index (χ3n) is 5.10. The first-order valence-corrected chi connectivity index (χ1v) is 11.0. The zero-order valence-electron chi connectivity index (χ0n) is 16.6. The largest absolute Gasteiger partial charge is 0.375 e. The van der Waals surface area contributed by atoms with E-state index in [0.29, 0.717) is 22.8 Å². The van der Waals surface area contributed by atoms with Gasteiger partial charge in [-0.05, 0) is 41.3 Å². The van der Waals surface area contributed by atoms with Crippen molar-refractivity contribution in [1.29, 1.82) is 0 Å². The van der Waals surface area contributed by atoms with E-state index < -0.39 is 11.5 Å². The number of benzene rings is 2. The van der Waals surface area contributed by atoms with E-state index in [1.807, 2.05) is 53.9 Å². The predicted molar refractivity (Wildman–Crippen MR) is 125 cm³/mol. The molecule has 4 rings (SSSR count). The maximum absolute atomic E-state index is 13.2. The van der Waals surface area contributed by atoms with Crippen molar-refractivity contribution < 1.29 is 14.7 Å². The van der Waals surface area contributed by atoms with Gasteiger partial charge in [-0.1, -0.05) is 66.2 Å². The average molecular weight is 450 g/mol. The van der Waals surface area contributed by atoms with E-state index in [4.69, 9.17) is 11.6 Å². The van der Waals surface area contributed by atoms with E-state index in [1.54, 1.807) is 30.4 Å². The Bertz CT molecular complexity index is 1150. The lowest BCUT2D eigenvalue weighted by molar-refractivity contribution is -0.140. The van der Waals surface area contributed by atoms with E-state index in [1.165, 1.54) is 22.3 Å². The molecular formula is C25H20ClNO3S. The van der Waals surface area contributed by atoms with Gasteiger partial charge in [0.25, 0.3) is 5.91 Å². The molecule has 6 heteroatoms. The number of nitrogens with zero attached hydrogens (tertiary/aromatic N) is 1. The van der Waals surface area contributed by atoms with Crippen molar-refractivity contribution in [2.45, 2.75) is 18.6 Å². The summed E-state index contributed by atoms with van der Waals surface area (Å²) in [5, 5.41) is 13.7. The third kappa shape index (κ3) is 4.54. The SMILES string of the molecule is O=C(/C=C/C=C/c1ccccc1)CC1(O)C(=O)N(Cc2cccs2)c2ccc(Cl)cc21. The first kappa shape index (κ1) is 21.2. The highest BCUT2D eigenvalue weighted by molar-refractivity contribution is 7.09. The van der Waals surface area contributed by atoms with Gasteiger partial charge in [0.15, 0.2) is 11.4 Å². The second kappa shape index (κ2) is 9.02. The van der Waals surface area contributed by atoms with Crippen molar-refractivity contribution >= 4 is 46.4 Å². The van der Waals surface area contributed by atoms with Gasteiger partial charge in [0.2, 0.25) is 0 Å². The van der Waals surface area contributed by atoms with Gasteiger partial charge in [0.1, 0.15) is 0 Å². The Hall–Kier alpha value is -2.99. The van der Waals surface area contributed by atoms with E-state index in [2.05, 4.69) is 0 Å². The van der Waals surface area contributed by atoms with Crippen LogP contribution < -0.4 is 4.90 Å². The number of thiophene rings is 1. The number of halogens is 1. The van der Waals surface area contributed by atoms with Gasteiger partial charge in [-0.2, -0.15) is 0 Å². The highest BCUT2D eigenvalue weighted by Crippen LogP contribution is 2.44. The van der Waals surface area contributed by atoms with Crippen molar-refractivity contribution in [2.24, 2.45) is 0 Å². The summed E-state index contributed by atoms with van der Waals surface area (Å²) in [5.74, 6) is -0.864. The maximum atomic E-state index is 13.2. The number of allylic oxidation sites excluding steroid dienone is 3. The van der Waals surface area contributed by atoms with Crippen LogP contribution in [0.5, 0.6) is 0 Å². The molecule has 0 spiro atoms. The monoisotopic (exact) mass is 449 g/mol. The number of anilines is 1. The summed E-state index contributed by atoms with van der Waals surface area (Å²) in [6, 6.07) is 18.5. The fourth-order valence-corrected chi connectivity index (χ4v) is 4.48. The van der Waals surface area contributed by atoms with Crippen molar-refractivity contribution in [3.8, 4) is 0 Å². The van der Waals surface area contributed by atoms with Gasteiger partial charge in [0.05, 0.1) is 18.7 Å². The van der Waals surface area contributed by atoms with E-state index in [9.17, 15) is 14.7 Å². The van der Waals surface area contributed by atoms with Gasteiger partial charge in [0, 0.05) is 15.5 Å². The molecule has 4 nitrogen and oxygen atoms in total. The second-order valence-corrected chi connectivity index (χ2v) is 8.73. The number of fused-ring (bicyclic) bond motifs is 1. The molecule has 1 amide bonds. The fraction of sp³-hybridized carbons (Fsp3) is 0.120. The molecule has 0 fully saturated rings. The number of hydrogen-bond acceptors (Lipinski definition) is 4. The lowest BCUT2D eigenvalue weighted by atomic mass is 9.90. The lowest BCUT2D eigenvalue weighted by Crippen LogP contribution is -2.41. The molecule has 0 radical (unpaired) electrons. The Balaban J connectivity index is 1.54. The summed E-state index contributed by atoms with van der Waals surface area (Å²) >= 11 is 7.67. The van der Waals surface area contributed by atoms with Crippen LogP contribution in [0, 0.1) is 0 Å². The van der Waals surface area contributed by atoms with Crippen LogP contribution in [0.4, 0.5) is 5.69 Å². The number of amides is 1. The van der Waals surface area contributed by atoms with Crippen LogP contribution in [-0.2, 0) is 21.7 Å². The van der Waals surface area contributed by atoms with Crippen LogP contribution in [0.1, 0.15) is 22.4 Å². The highest BCUT2D eigenvalue weighted by atomic mass is 35.5. The number of ketones is 1. The summed E-state index contributed by atoms with van der Waals surface area (Å²) < 4.78 is 0. The Labute approximate surface area is 189 Å². The Kier molecular flexibility index (Phi) is 6.18. The summed E-state index contributed by atoms with van der Waals surface area (Å²) in [7, 11) is 0. The zero-order valence-corrected chi connectivity index (χ0v) is 18.1.